The van der Waals surface area contributed by atoms with E-state index in [9.17, 15) is 4.79 Å². The van der Waals surface area contributed by atoms with Crippen LogP contribution in [0.5, 0.6) is 0 Å². The number of hydrogen-bond donors (Lipinski definition) is 0. The van der Waals surface area contributed by atoms with E-state index in [0.29, 0.717) is 6.54 Å². The second-order valence-corrected chi connectivity index (χ2v) is 8.25. The molecule has 0 atom stereocenters. The topological polar surface area (TPSA) is 34.4 Å². The molecular weight excluding hydrogens is 424 g/mol. The van der Waals surface area contributed by atoms with Gasteiger partial charge in [-0.3, -0.25) is 9.79 Å². The van der Waals surface area contributed by atoms with Gasteiger partial charge in [0.05, 0.1) is 22.6 Å². The molecule has 0 aliphatic heterocycles. The highest BCUT2D eigenvalue weighted by Crippen LogP contribution is 2.26. The number of pyridine rings is 1. The van der Waals surface area contributed by atoms with Crippen LogP contribution in [0.1, 0.15) is 6.42 Å². The lowest BCUT2D eigenvalue weighted by molar-refractivity contribution is 1.20. The lowest BCUT2D eigenvalue weighted by Crippen LogP contribution is -2.10. The third kappa shape index (κ3) is 4.91. The largest absolute Gasteiger partial charge is 0.309 e. The maximum absolute atomic E-state index is 13.1. The van der Waals surface area contributed by atoms with Gasteiger partial charge in [0.15, 0.2) is 5.43 Å². The zero-order valence-corrected chi connectivity index (χ0v) is 19.5. The molecule has 4 rings (SSSR count). The van der Waals surface area contributed by atoms with Crippen LogP contribution in [0.4, 0.5) is 0 Å². The van der Waals surface area contributed by atoms with Crippen LogP contribution in [-0.4, -0.2) is 22.4 Å². The number of benzene rings is 2. The smallest absolute Gasteiger partial charge is 0.197 e. The van der Waals surface area contributed by atoms with Crippen LogP contribution in [0.2, 0.25) is 0 Å². The molecule has 1 aromatic heterocycles. The Kier molecular flexibility index (Phi) is 7.38. The first kappa shape index (κ1) is 22.6. The van der Waals surface area contributed by atoms with E-state index >= 15 is 0 Å². The SMILES string of the molecule is C=C/C=C\C=C/CN=C(SC)C1=CCC=C(n2c3ccccc3c(=O)c3ccccc32)C=C1. The van der Waals surface area contributed by atoms with Crippen molar-refractivity contribution in [3.8, 4) is 0 Å². The van der Waals surface area contributed by atoms with Gasteiger partial charge in [0.2, 0.25) is 0 Å². The van der Waals surface area contributed by atoms with Crippen LogP contribution < -0.4 is 5.43 Å². The molecule has 1 heterocycles. The van der Waals surface area contributed by atoms with E-state index in [4.69, 9.17) is 4.99 Å². The maximum atomic E-state index is 13.1. The van der Waals surface area contributed by atoms with Gasteiger partial charge < -0.3 is 4.57 Å². The summed E-state index contributed by atoms with van der Waals surface area (Å²) in [7, 11) is 0. The maximum Gasteiger partial charge on any atom is 0.197 e. The second kappa shape index (κ2) is 10.8. The highest BCUT2D eigenvalue weighted by Gasteiger charge is 2.13. The molecule has 0 radical (unpaired) electrons. The number of rotatable bonds is 6. The molecule has 1 aliphatic carbocycles. The van der Waals surface area contributed by atoms with Crippen LogP contribution in [-0.2, 0) is 0 Å². The number of hydrogen-bond acceptors (Lipinski definition) is 3. The van der Waals surface area contributed by atoms with E-state index in [-0.39, 0.29) is 5.43 Å². The summed E-state index contributed by atoms with van der Waals surface area (Å²) >= 11 is 1.65. The average Bonchev–Trinajstić information content (AvgIpc) is 3.10. The summed E-state index contributed by atoms with van der Waals surface area (Å²) in [5, 5.41) is 2.46. The lowest BCUT2D eigenvalue weighted by atomic mass is 10.1. The molecule has 0 unspecified atom stereocenters. The van der Waals surface area contributed by atoms with Gasteiger partial charge in [-0.25, -0.2) is 0 Å². The van der Waals surface area contributed by atoms with E-state index in [0.717, 1.165) is 44.5 Å². The molecule has 33 heavy (non-hydrogen) atoms. The third-order valence-corrected chi connectivity index (χ3v) is 6.16. The number of thioether (sulfide) groups is 1. The Hall–Kier alpha value is -3.63. The summed E-state index contributed by atoms with van der Waals surface area (Å²) in [5.41, 5.74) is 4.05. The van der Waals surface area contributed by atoms with Crippen LogP contribution in [0, 0.1) is 0 Å². The first-order valence-corrected chi connectivity index (χ1v) is 12.1. The molecule has 0 fully saturated rings. The fourth-order valence-corrected chi connectivity index (χ4v) is 4.50. The number of para-hydroxylation sites is 2. The number of nitrogens with zero attached hydrogens (tertiary/aromatic N) is 2. The van der Waals surface area contributed by atoms with Crippen molar-refractivity contribution in [1.82, 2.24) is 4.57 Å². The quantitative estimate of drug-likeness (QED) is 0.176. The molecule has 4 heteroatoms. The van der Waals surface area contributed by atoms with Gasteiger partial charge in [0, 0.05) is 22.0 Å². The van der Waals surface area contributed by atoms with E-state index in [2.05, 4.69) is 41.7 Å². The molecular formula is C29H26N2OS. The molecule has 2 aromatic carbocycles. The number of aliphatic imine (C=N–C) groups is 1. The van der Waals surface area contributed by atoms with Crippen molar-refractivity contribution in [1.29, 1.82) is 0 Å². The van der Waals surface area contributed by atoms with Gasteiger partial charge >= 0.3 is 0 Å². The molecule has 3 aromatic rings. The fraction of sp³-hybridized carbons (Fsp3) is 0.103. The predicted octanol–water partition coefficient (Wildman–Crippen LogP) is 6.94. The molecule has 0 saturated heterocycles. The average molecular weight is 451 g/mol. The van der Waals surface area contributed by atoms with Crippen LogP contribution in [0.15, 0.2) is 125 Å². The Balaban J connectivity index is 1.71. The molecule has 164 valence electrons. The normalized spacial score (nSPS) is 14.8. The van der Waals surface area contributed by atoms with Gasteiger partial charge in [-0.15, -0.1) is 11.8 Å². The van der Waals surface area contributed by atoms with E-state index < -0.39 is 0 Å². The Morgan fingerprint density at radius 1 is 1.00 bits per heavy atom. The van der Waals surface area contributed by atoms with Gasteiger partial charge in [-0.05, 0) is 43.0 Å². The first-order chi connectivity index (χ1) is 16.2. The van der Waals surface area contributed by atoms with Crippen LogP contribution >= 0.6 is 11.8 Å². The van der Waals surface area contributed by atoms with Gasteiger partial charge in [0.25, 0.3) is 0 Å². The van der Waals surface area contributed by atoms with Gasteiger partial charge in [-0.1, -0.05) is 79.5 Å². The Morgan fingerprint density at radius 3 is 2.36 bits per heavy atom. The van der Waals surface area contributed by atoms with E-state index in [1.54, 1.807) is 17.8 Å². The number of allylic oxidation sites excluding steroid dienone is 9. The molecule has 0 amide bonds. The Morgan fingerprint density at radius 2 is 1.70 bits per heavy atom. The first-order valence-electron chi connectivity index (χ1n) is 10.9. The van der Waals surface area contributed by atoms with Gasteiger partial charge in [0.1, 0.15) is 0 Å². The summed E-state index contributed by atoms with van der Waals surface area (Å²) in [6, 6.07) is 15.6. The van der Waals surface area contributed by atoms with E-state index in [1.807, 2.05) is 72.8 Å². The predicted molar refractivity (Wildman–Crippen MR) is 146 cm³/mol. The summed E-state index contributed by atoms with van der Waals surface area (Å²) in [5.74, 6) is 0. The van der Waals surface area contributed by atoms with Gasteiger partial charge in [-0.2, -0.15) is 0 Å². The molecule has 0 spiro atoms. The van der Waals surface area contributed by atoms with Crippen molar-refractivity contribution in [2.24, 2.45) is 4.99 Å². The molecule has 0 bridgehead atoms. The van der Waals surface area contributed by atoms with Crippen molar-refractivity contribution in [3.05, 3.63) is 126 Å². The molecule has 0 saturated carbocycles. The second-order valence-electron chi connectivity index (χ2n) is 7.46. The molecule has 0 N–H and O–H groups in total. The monoisotopic (exact) mass is 450 g/mol. The Labute approximate surface area is 198 Å². The lowest BCUT2D eigenvalue weighted by Gasteiger charge is -2.16. The summed E-state index contributed by atoms with van der Waals surface area (Å²) in [6.07, 6.45) is 21.1. The minimum atomic E-state index is 0.0715. The zero-order chi connectivity index (χ0) is 23.0. The highest BCUT2D eigenvalue weighted by molar-refractivity contribution is 8.13. The minimum absolute atomic E-state index is 0.0715. The number of fused-ring (bicyclic) bond motifs is 2. The van der Waals surface area contributed by atoms with Crippen molar-refractivity contribution >= 4 is 44.3 Å². The van der Waals surface area contributed by atoms with Crippen molar-refractivity contribution in [2.75, 3.05) is 12.8 Å². The Bertz CT molecular complexity index is 1370. The van der Waals surface area contributed by atoms with Crippen molar-refractivity contribution < 1.29 is 0 Å². The number of aromatic nitrogens is 1. The summed E-state index contributed by atoms with van der Waals surface area (Å²) < 4.78 is 2.18. The molecule has 1 aliphatic rings. The molecule has 3 nitrogen and oxygen atoms in total. The summed E-state index contributed by atoms with van der Waals surface area (Å²) in [4.78, 5) is 17.8. The van der Waals surface area contributed by atoms with Crippen molar-refractivity contribution in [2.45, 2.75) is 6.42 Å². The fourth-order valence-electron chi connectivity index (χ4n) is 3.91. The summed E-state index contributed by atoms with van der Waals surface area (Å²) in [6.45, 7) is 4.29. The van der Waals surface area contributed by atoms with E-state index in [1.165, 1.54) is 0 Å². The zero-order valence-electron chi connectivity index (χ0n) is 18.6. The minimum Gasteiger partial charge on any atom is -0.309 e. The van der Waals surface area contributed by atoms with Crippen molar-refractivity contribution in [3.63, 3.8) is 0 Å². The van der Waals surface area contributed by atoms with Crippen LogP contribution in [0.3, 0.4) is 0 Å². The third-order valence-electron chi connectivity index (χ3n) is 5.41. The highest BCUT2D eigenvalue weighted by atomic mass is 32.2. The standard InChI is InChI=1S/C29H26N2OS/c1-3-4-5-6-11-21-30-29(33-2)22-13-12-14-23(20-19-22)31-26-17-9-7-15-24(26)28(32)25-16-8-10-18-27(25)31/h3-11,13-20H,1,12,21H2,2H3/b5-4-,11-6-,30-29?. The van der Waals surface area contributed by atoms with Crippen LogP contribution in [0.25, 0.3) is 27.5 Å².